The van der Waals surface area contributed by atoms with Crippen molar-refractivity contribution >= 4 is 27.5 Å². The SMILES string of the molecule is N#CCOc1cccc(NC(=O)c2ccc(Br)o2)c1. The summed E-state index contributed by atoms with van der Waals surface area (Å²) in [4.78, 5) is 11.8. The summed E-state index contributed by atoms with van der Waals surface area (Å²) in [5, 5.41) is 11.1. The zero-order valence-corrected chi connectivity index (χ0v) is 11.3. The molecule has 1 heterocycles. The summed E-state index contributed by atoms with van der Waals surface area (Å²) in [6.45, 7) is -0.0392. The Hall–Kier alpha value is -2.26. The van der Waals surface area contributed by atoms with E-state index in [9.17, 15) is 4.79 Å². The van der Waals surface area contributed by atoms with Crippen LogP contribution in [-0.4, -0.2) is 12.5 Å². The Labute approximate surface area is 117 Å². The smallest absolute Gasteiger partial charge is 0.291 e. The van der Waals surface area contributed by atoms with E-state index in [0.29, 0.717) is 16.1 Å². The Morgan fingerprint density at radius 3 is 2.95 bits per heavy atom. The van der Waals surface area contributed by atoms with Gasteiger partial charge in [-0.2, -0.15) is 5.26 Å². The van der Waals surface area contributed by atoms with Crippen LogP contribution in [0.5, 0.6) is 5.75 Å². The summed E-state index contributed by atoms with van der Waals surface area (Å²) >= 11 is 3.13. The molecule has 0 fully saturated rings. The van der Waals surface area contributed by atoms with Crippen LogP contribution < -0.4 is 10.1 Å². The predicted molar refractivity (Wildman–Crippen MR) is 71.9 cm³/mol. The first-order chi connectivity index (χ1) is 9.19. The summed E-state index contributed by atoms with van der Waals surface area (Å²) in [6.07, 6.45) is 0. The Kier molecular flexibility index (Phi) is 4.21. The van der Waals surface area contributed by atoms with Gasteiger partial charge in [0.2, 0.25) is 0 Å². The first-order valence-corrected chi connectivity index (χ1v) is 6.15. The number of halogens is 1. The van der Waals surface area contributed by atoms with Crippen LogP contribution in [0.25, 0.3) is 0 Å². The molecule has 1 N–H and O–H groups in total. The van der Waals surface area contributed by atoms with Gasteiger partial charge in [0.25, 0.3) is 5.91 Å². The average Bonchev–Trinajstić information content (AvgIpc) is 2.83. The second-order valence-corrected chi connectivity index (χ2v) is 4.31. The van der Waals surface area contributed by atoms with Crippen molar-refractivity contribution in [2.75, 3.05) is 11.9 Å². The van der Waals surface area contributed by atoms with Crippen molar-refractivity contribution in [2.45, 2.75) is 0 Å². The standard InChI is InChI=1S/C13H9BrN2O3/c14-12-5-4-11(19-12)13(17)16-9-2-1-3-10(8-9)18-7-6-15/h1-5,8H,7H2,(H,16,17). The van der Waals surface area contributed by atoms with E-state index in [4.69, 9.17) is 14.4 Å². The molecule has 0 saturated carbocycles. The van der Waals surface area contributed by atoms with Gasteiger partial charge in [0, 0.05) is 11.8 Å². The van der Waals surface area contributed by atoms with Gasteiger partial charge in [-0.1, -0.05) is 6.07 Å². The average molecular weight is 321 g/mol. The quantitative estimate of drug-likeness (QED) is 0.938. The molecule has 96 valence electrons. The molecule has 0 atom stereocenters. The van der Waals surface area contributed by atoms with E-state index in [1.165, 1.54) is 0 Å². The lowest BCUT2D eigenvalue weighted by molar-refractivity contribution is 0.0995. The van der Waals surface area contributed by atoms with Gasteiger partial charge in [0.1, 0.15) is 11.8 Å². The molecule has 0 aliphatic carbocycles. The Morgan fingerprint density at radius 2 is 2.26 bits per heavy atom. The molecule has 0 bridgehead atoms. The second-order valence-electron chi connectivity index (χ2n) is 3.53. The second kappa shape index (κ2) is 6.07. The fourth-order valence-corrected chi connectivity index (χ4v) is 1.71. The molecule has 0 spiro atoms. The number of benzene rings is 1. The van der Waals surface area contributed by atoms with Crippen LogP contribution in [0, 0.1) is 11.3 Å². The summed E-state index contributed by atoms with van der Waals surface area (Å²) in [6, 6.07) is 11.9. The molecule has 1 aromatic carbocycles. The molecular weight excluding hydrogens is 312 g/mol. The summed E-state index contributed by atoms with van der Waals surface area (Å²) in [5.41, 5.74) is 0.563. The fourth-order valence-electron chi connectivity index (χ4n) is 1.41. The summed E-state index contributed by atoms with van der Waals surface area (Å²) in [5.74, 6) is 0.360. The van der Waals surface area contributed by atoms with Crippen molar-refractivity contribution in [3.05, 3.63) is 46.8 Å². The third-order valence-corrected chi connectivity index (χ3v) is 2.62. The summed E-state index contributed by atoms with van der Waals surface area (Å²) in [7, 11) is 0. The highest BCUT2D eigenvalue weighted by Crippen LogP contribution is 2.19. The number of ether oxygens (including phenoxy) is 1. The molecule has 0 unspecified atom stereocenters. The number of hydrogen-bond acceptors (Lipinski definition) is 4. The number of nitrogens with one attached hydrogen (secondary N) is 1. The third-order valence-electron chi connectivity index (χ3n) is 2.19. The van der Waals surface area contributed by atoms with Crippen molar-refractivity contribution in [1.82, 2.24) is 0 Å². The van der Waals surface area contributed by atoms with E-state index in [-0.39, 0.29) is 18.3 Å². The van der Waals surface area contributed by atoms with Gasteiger partial charge in [-0.25, -0.2) is 0 Å². The van der Waals surface area contributed by atoms with Crippen molar-refractivity contribution in [1.29, 1.82) is 5.26 Å². The summed E-state index contributed by atoms with van der Waals surface area (Å²) < 4.78 is 10.8. The first kappa shape index (κ1) is 13.2. The predicted octanol–water partition coefficient (Wildman–Crippen LogP) is 3.20. The van der Waals surface area contributed by atoms with E-state index < -0.39 is 0 Å². The number of nitrogens with zero attached hydrogens (tertiary/aromatic N) is 1. The number of amides is 1. The zero-order chi connectivity index (χ0) is 13.7. The Bertz CT molecular complexity index is 631. The molecular formula is C13H9BrN2O3. The van der Waals surface area contributed by atoms with Crippen LogP contribution in [0.1, 0.15) is 10.6 Å². The first-order valence-electron chi connectivity index (χ1n) is 5.35. The van der Waals surface area contributed by atoms with Gasteiger partial charge in [0.15, 0.2) is 17.0 Å². The normalized spacial score (nSPS) is 9.68. The lowest BCUT2D eigenvalue weighted by atomic mass is 10.3. The number of hydrogen-bond donors (Lipinski definition) is 1. The van der Waals surface area contributed by atoms with Gasteiger partial charge in [-0.05, 0) is 40.2 Å². The monoisotopic (exact) mass is 320 g/mol. The van der Waals surface area contributed by atoms with Gasteiger partial charge < -0.3 is 14.5 Å². The molecule has 19 heavy (non-hydrogen) atoms. The number of anilines is 1. The molecule has 0 aliphatic heterocycles. The maximum Gasteiger partial charge on any atom is 0.291 e. The maximum absolute atomic E-state index is 11.8. The number of furan rings is 1. The molecule has 0 aliphatic rings. The van der Waals surface area contributed by atoms with E-state index >= 15 is 0 Å². The molecule has 5 nitrogen and oxygen atoms in total. The van der Waals surface area contributed by atoms with Crippen LogP contribution in [0.2, 0.25) is 0 Å². The zero-order valence-electron chi connectivity index (χ0n) is 9.72. The van der Waals surface area contributed by atoms with E-state index in [1.807, 2.05) is 6.07 Å². The fraction of sp³-hybridized carbons (Fsp3) is 0.0769. The largest absolute Gasteiger partial charge is 0.479 e. The number of carbonyl (C=O) groups is 1. The van der Waals surface area contributed by atoms with Gasteiger partial charge in [-0.15, -0.1) is 0 Å². The van der Waals surface area contributed by atoms with Crippen molar-refractivity contribution in [2.24, 2.45) is 0 Å². The topological polar surface area (TPSA) is 75.3 Å². The van der Waals surface area contributed by atoms with E-state index in [0.717, 1.165) is 0 Å². The molecule has 1 amide bonds. The van der Waals surface area contributed by atoms with Gasteiger partial charge in [-0.3, -0.25) is 4.79 Å². The maximum atomic E-state index is 11.8. The Balaban J connectivity index is 2.06. The van der Waals surface area contributed by atoms with Crippen molar-refractivity contribution < 1.29 is 13.9 Å². The Morgan fingerprint density at radius 1 is 1.42 bits per heavy atom. The molecule has 1 aromatic heterocycles. The molecule has 2 rings (SSSR count). The minimum atomic E-state index is -0.358. The van der Waals surface area contributed by atoms with Gasteiger partial charge >= 0.3 is 0 Å². The highest BCUT2D eigenvalue weighted by molar-refractivity contribution is 9.10. The lowest BCUT2D eigenvalue weighted by Crippen LogP contribution is -2.10. The van der Waals surface area contributed by atoms with Gasteiger partial charge in [0.05, 0.1) is 0 Å². The minimum absolute atomic E-state index is 0.0392. The minimum Gasteiger partial charge on any atom is -0.479 e. The van der Waals surface area contributed by atoms with Crippen molar-refractivity contribution in [3.8, 4) is 11.8 Å². The van der Waals surface area contributed by atoms with Crippen LogP contribution in [0.4, 0.5) is 5.69 Å². The van der Waals surface area contributed by atoms with E-state index in [1.54, 1.807) is 36.4 Å². The lowest BCUT2D eigenvalue weighted by Gasteiger charge is -2.06. The van der Waals surface area contributed by atoms with Crippen LogP contribution in [0.15, 0.2) is 45.5 Å². The highest BCUT2D eigenvalue weighted by Gasteiger charge is 2.10. The molecule has 2 aromatic rings. The highest BCUT2D eigenvalue weighted by atomic mass is 79.9. The van der Waals surface area contributed by atoms with Crippen LogP contribution in [0.3, 0.4) is 0 Å². The molecule has 0 radical (unpaired) electrons. The number of nitriles is 1. The number of rotatable bonds is 4. The van der Waals surface area contributed by atoms with Crippen molar-refractivity contribution in [3.63, 3.8) is 0 Å². The molecule has 6 heteroatoms. The van der Waals surface area contributed by atoms with Crippen LogP contribution in [-0.2, 0) is 0 Å². The van der Waals surface area contributed by atoms with Crippen LogP contribution >= 0.6 is 15.9 Å². The number of carbonyl (C=O) groups excluding carboxylic acids is 1. The van der Waals surface area contributed by atoms with E-state index in [2.05, 4.69) is 21.2 Å². The molecule has 0 saturated heterocycles. The third kappa shape index (κ3) is 3.60.